The van der Waals surface area contributed by atoms with Gasteiger partial charge in [0.2, 0.25) is 0 Å². The van der Waals surface area contributed by atoms with Crippen LogP contribution in [-0.2, 0) is 9.53 Å². The number of para-hydroxylation sites is 1. The van der Waals surface area contributed by atoms with E-state index in [1.165, 1.54) is 0 Å². The number of carbonyl (C=O) groups is 1. The Morgan fingerprint density at radius 3 is 2.48 bits per heavy atom. The first kappa shape index (κ1) is 15.9. The number of thiazole rings is 1. The first-order valence-electron chi connectivity index (χ1n) is 7.12. The number of nitrogens with zero attached hydrogens (tertiary/aromatic N) is 2. The second-order valence-electron chi connectivity index (χ2n) is 5.75. The summed E-state index contributed by atoms with van der Waals surface area (Å²) in [4.78, 5) is 18.8. The molecule has 1 aromatic heterocycles. The van der Waals surface area contributed by atoms with Gasteiger partial charge in [0.25, 0.3) is 0 Å². The van der Waals surface area contributed by atoms with Crippen LogP contribution in [0.5, 0.6) is 0 Å². The monoisotopic (exact) mass is 306 g/mol. The molecule has 0 saturated carbocycles. The molecular weight excluding hydrogens is 284 g/mol. The number of aromatic nitrogens is 1. The summed E-state index contributed by atoms with van der Waals surface area (Å²) in [7, 11) is 3.79. The minimum absolute atomic E-state index is 0.193. The van der Waals surface area contributed by atoms with Crippen molar-refractivity contribution in [3.05, 3.63) is 29.3 Å². The van der Waals surface area contributed by atoms with E-state index in [0.717, 1.165) is 15.2 Å². The van der Waals surface area contributed by atoms with Crippen LogP contribution < -0.4 is 0 Å². The standard InChI is InChI=1S/C16H22N2O2S/c1-10(2)14(18(4)5)16(19)20-11(3)15-17-12-8-6-7-9-13(12)21-15/h6-11,14H,1-5H3/t11-,14-/m0/s1. The second kappa shape index (κ2) is 6.54. The molecule has 21 heavy (non-hydrogen) atoms. The average Bonchev–Trinajstić information content (AvgIpc) is 2.81. The summed E-state index contributed by atoms with van der Waals surface area (Å²) in [5.41, 5.74) is 0.952. The highest BCUT2D eigenvalue weighted by atomic mass is 32.1. The first-order valence-corrected chi connectivity index (χ1v) is 7.94. The van der Waals surface area contributed by atoms with Crippen molar-refractivity contribution in [1.29, 1.82) is 0 Å². The average molecular weight is 306 g/mol. The van der Waals surface area contributed by atoms with Gasteiger partial charge in [0.05, 0.1) is 10.2 Å². The van der Waals surface area contributed by atoms with Gasteiger partial charge in [0, 0.05) is 0 Å². The highest BCUT2D eigenvalue weighted by molar-refractivity contribution is 7.18. The van der Waals surface area contributed by atoms with E-state index in [9.17, 15) is 4.79 Å². The van der Waals surface area contributed by atoms with Gasteiger partial charge in [0.1, 0.15) is 11.0 Å². The van der Waals surface area contributed by atoms with Gasteiger partial charge in [-0.3, -0.25) is 9.69 Å². The Balaban J connectivity index is 2.13. The van der Waals surface area contributed by atoms with E-state index in [0.29, 0.717) is 0 Å². The summed E-state index contributed by atoms with van der Waals surface area (Å²) in [5, 5.41) is 0.839. The normalized spacial score (nSPS) is 14.6. The molecule has 0 aliphatic rings. The molecular formula is C16H22N2O2S. The van der Waals surface area contributed by atoms with Crippen LogP contribution in [0.15, 0.2) is 24.3 Å². The van der Waals surface area contributed by atoms with E-state index in [4.69, 9.17) is 4.74 Å². The SMILES string of the molecule is CC(C)[C@@H](C(=O)O[C@@H](C)c1nc2ccccc2s1)N(C)C. The summed E-state index contributed by atoms with van der Waals surface area (Å²) < 4.78 is 6.73. The van der Waals surface area contributed by atoms with Crippen LogP contribution in [0.4, 0.5) is 0 Å². The molecule has 2 aromatic rings. The Morgan fingerprint density at radius 2 is 1.90 bits per heavy atom. The maximum Gasteiger partial charge on any atom is 0.324 e. The van der Waals surface area contributed by atoms with Gasteiger partial charge in [-0.1, -0.05) is 26.0 Å². The minimum atomic E-state index is -0.323. The summed E-state index contributed by atoms with van der Waals surface area (Å²) in [5.74, 6) is 0.0109. The third-order valence-corrected chi connectivity index (χ3v) is 4.58. The van der Waals surface area contributed by atoms with Crippen molar-refractivity contribution >= 4 is 27.5 Å². The lowest BCUT2D eigenvalue weighted by atomic mass is 10.0. The van der Waals surface area contributed by atoms with Gasteiger partial charge in [-0.25, -0.2) is 4.98 Å². The quantitative estimate of drug-likeness (QED) is 0.793. The van der Waals surface area contributed by atoms with E-state index in [1.54, 1.807) is 11.3 Å². The van der Waals surface area contributed by atoms with Crippen LogP contribution in [0.2, 0.25) is 0 Å². The third-order valence-electron chi connectivity index (χ3n) is 3.38. The topological polar surface area (TPSA) is 42.4 Å². The predicted molar refractivity (Wildman–Crippen MR) is 86.4 cm³/mol. The third kappa shape index (κ3) is 3.60. The van der Waals surface area contributed by atoms with Gasteiger partial charge in [-0.15, -0.1) is 11.3 Å². The van der Waals surface area contributed by atoms with Crippen molar-refractivity contribution in [2.24, 2.45) is 5.92 Å². The molecule has 0 aliphatic heterocycles. The Morgan fingerprint density at radius 1 is 1.24 bits per heavy atom. The molecule has 114 valence electrons. The minimum Gasteiger partial charge on any atom is -0.454 e. The maximum absolute atomic E-state index is 12.3. The molecule has 1 heterocycles. The molecule has 0 amide bonds. The zero-order chi connectivity index (χ0) is 15.6. The zero-order valence-corrected chi connectivity index (χ0v) is 14.0. The Bertz CT molecular complexity index is 581. The number of hydrogen-bond acceptors (Lipinski definition) is 5. The predicted octanol–water partition coefficient (Wildman–Crippen LogP) is 3.49. The Kier molecular flexibility index (Phi) is 4.96. The maximum atomic E-state index is 12.3. The van der Waals surface area contributed by atoms with Gasteiger partial charge in [-0.2, -0.15) is 0 Å². The summed E-state index contributed by atoms with van der Waals surface area (Å²) >= 11 is 1.57. The zero-order valence-electron chi connectivity index (χ0n) is 13.2. The van der Waals surface area contributed by atoms with E-state index in [-0.39, 0.29) is 24.0 Å². The number of rotatable bonds is 5. The fraction of sp³-hybridized carbons (Fsp3) is 0.500. The van der Waals surface area contributed by atoms with E-state index in [1.807, 2.05) is 64.0 Å². The summed E-state index contributed by atoms with van der Waals surface area (Å²) in [6, 6.07) is 7.72. The van der Waals surface area contributed by atoms with Crippen molar-refractivity contribution in [2.45, 2.75) is 32.9 Å². The number of likely N-dealkylation sites (N-methyl/N-ethyl adjacent to an activating group) is 1. The van der Waals surface area contributed by atoms with Crippen LogP contribution in [0, 0.1) is 5.92 Å². The molecule has 0 aliphatic carbocycles. The van der Waals surface area contributed by atoms with Gasteiger partial charge in [0.15, 0.2) is 6.10 Å². The van der Waals surface area contributed by atoms with Crippen LogP contribution >= 0.6 is 11.3 Å². The lowest BCUT2D eigenvalue weighted by Gasteiger charge is -2.26. The highest BCUT2D eigenvalue weighted by Gasteiger charge is 2.28. The number of esters is 1. The molecule has 5 heteroatoms. The fourth-order valence-electron chi connectivity index (χ4n) is 2.44. The van der Waals surface area contributed by atoms with Crippen molar-refractivity contribution < 1.29 is 9.53 Å². The molecule has 2 rings (SSSR count). The Labute approximate surface area is 129 Å². The second-order valence-corrected chi connectivity index (χ2v) is 6.81. The van der Waals surface area contributed by atoms with E-state index >= 15 is 0 Å². The molecule has 1 aromatic carbocycles. The number of hydrogen-bond donors (Lipinski definition) is 0. The number of benzene rings is 1. The van der Waals surface area contributed by atoms with Gasteiger partial charge >= 0.3 is 5.97 Å². The fourth-order valence-corrected chi connectivity index (χ4v) is 3.39. The first-order chi connectivity index (χ1) is 9.90. The van der Waals surface area contributed by atoms with Crippen molar-refractivity contribution in [3.63, 3.8) is 0 Å². The van der Waals surface area contributed by atoms with Crippen LogP contribution in [0.3, 0.4) is 0 Å². The van der Waals surface area contributed by atoms with Gasteiger partial charge in [-0.05, 0) is 39.1 Å². The molecule has 0 fully saturated rings. The molecule has 0 N–H and O–H groups in total. The molecule has 0 unspecified atom stereocenters. The van der Waals surface area contributed by atoms with Crippen LogP contribution in [0.1, 0.15) is 31.9 Å². The lowest BCUT2D eigenvalue weighted by Crippen LogP contribution is -2.41. The number of ether oxygens (including phenoxy) is 1. The molecule has 0 radical (unpaired) electrons. The molecule has 0 spiro atoms. The van der Waals surface area contributed by atoms with Gasteiger partial charge < -0.3 is 4.74 Å². The molecule has 4 nitrogen and oxygen atoms in total. The Hall–Kier alpha value is -1.46. The largest absolute Gasteiger partial charge is 0.454 e. The highest BCUT2D eigenvalue weighted by Crippen LogP contribution is 2.28. The van der Waals surface area contributed by atoms with Crippen molar-refractivity contribution in [3.8, 4) is 0 Å². The van der Waals surface area contributed by atoms with E-state index < -0.39 is 0 Å². The van der Waals surface area contributed by atoms with Crippen molar-refractivity contribution in [2.75, 3.05) is 14.1 Å². The smallest absolute Gasteiger partial charge is 0.324 e. The number of fused-ring (bicyclic) bond motifs is 1. The molecule has 2 atom stereocenters. The lowest BCUT2D eigenvalue weighted by molar-refractivity contribution is -0.155. The van der Waals surface area contributed by atoms with Crippen LogP contribution in [-0.4, -0.2) is 36.0 Å². The van der Waals surface area contributed by atoms with Crippen molar-refractivity contribution in [1.82, 2.24) is 9.88 Å². The number of carbonyl (C=O) groups excluding carboxylic acids is 1. The van der Waals surface area contributed by atoms with Crippen LogP contribution in [0.25, 0.3) is 10.2 Å². The molecule has 0 bridgehead atoms. The van der Waals surface area contributed by atoms with E-state index in [2.05, 4.69) is 4.98 Å². The summed E-state index contributed by atoms with van der Waals surface area (Å²) in [6.45, 7) is 5.92. The molecule has 0 saturated heterocycles. The summed E-state index contributed by atoms with van der Waals surface area (Å²) in [6.07, 6.45) is -0.323.